The molecule has 1 heterocycles. The molecule has 0 fully saturated rings. The van der Waals surface area contributed by atoms with E-state index in [1.54, 1.807) is 16.9 Å². The van der Waals surface area contributed by atoms with E-state index < -0.39 is 0 Å². The van der Waals surface area contributed by atoms with Gasteiger partial charge < -0.3 is 5.32 Å². The van der Waals surface area contributed by atoms with Gasteiger partial charge in [-0.2, -0.15) is 5.10 Å². The zero-order chi connectivity index (χ0) is 14.7. The van der Waals surface area contributed by atoms with Crippen LogP contribution in [0, 0.1) is 5.82 Å². The summed E-state index contributed by atoms with van der Waals surface area (Å²) in [4.78, 5) is 0. The van der Waals surface area contributed by atoms with E-state index in [9.17, 15) is 4.39 Å². The lowest BCUT2D eigenvalue weighted by Crippen LogP contribution is -2.00. The molecule has 0 amide bonds. The summed E-state index contributed by atoms with van der Waals surface area (Å²) >= 11 is 5.83. The van der Waals surface area contributed by atoms with Gasteiger partial charge in [-0.3, -0.25) is 0 Å². The predicted molar refractivity (Wildman–Crippen MR) is 82.3 cm³/mol. The van der Waals surface area contributed by atoms with Crippen LogP contribution in [-0.4, -0.2) is 9.78 Å². The minimum atomic E-state index is -0.326. The Hall–Kier alpha value is -2.33. The minimum absolute atomic E-state index is 0.326. The Kier molecular flexibility index (Phi) is 3.88. The summed E-state index contributed by atoms with van der Waals surface area (Å²) < 4.78 is 15.0. The van der Waals surface area contributed by atoms with Crippen molar-refractivity contribution in [1.82, 2.24) is 9.78 Å². The van der Waals surface area contributed by atoms with Gasteiger partial charge in [-0.25, -0.2) is 9.07 Å². The van der Waals surface area contributed by atoms with Crippen LogP contribution < -0.4 is 5.32 Å². The van der Waals surface area contributed by atoms with Gasteiger partial charge in [-0.15, -0.1) is 0 Å². The summed E-state index contributed by atoms with van der Waals surface area (Å²) in [7, 11) is 0. The third-order valence-electron chi connectivity index (χ3n) is 3.06. The normalized spacial score (nSPS) is 10.6. The smallest absolute Gasteiger partial charge is 0.125 e. The highest BCUT2D eigenvalue weighted by atomic mass is 35.5. The fraction of sp³-hybridized carbons (Fsp3) is 0.0625. The number of nitrogens with zero attached hydrogens (tertiary/aromatic N) is 2. The van der Waals surface area contributed by atoms with Crippen molar-refractivity contribution in [2.24, 2.45) is 0 Å². The minimum Gasteiger partial charge on any atom is -0.381 e. The molecule has 0 saturated heterocycles. The van der Waals surface area contributed by atoms with Crippen molar-refractivity contribution in [2.45, 2.75) is 6.54 Å². The van der Waals surface area contributed by atoms with Crippen molar-refractivity contribution >= 4 is 17.3 Å². The molecule has 106 valence electrons. The second-order valence-electron chi connectivity index (χ2n) is 4.63. The number of nitrogens with one attached hydrogen (secondary N) is 1. The molecule has 0 spiro atoms. The quantitative estimate of drug-likeness (QED) is 0.779. The summed E-state index contributed by atoms with van der Waals surface area (Å²) in [5.74, 6) is -0.326. The van der Waals surface area contributed by atoms with Gasteiger partial charge in [-0.1, -0.05) is 11.6 Å². The highest BCUT2D eigenvalue weighted by molar-refractivity contribution is 6.30. The Morgan fingerprint density at radius 3 is 2.62 bits per heavy atom. The lowest BCUT2D eigenvalue weighted by molar-refractivity contribution is 0.626. The molecule has 1 aromatic heterocycles. The zero-order valence-electron chi connectivity index (χ0n) is 11.1. The highest BCUT2D eigenvalue weighted by Gasteiger charge is 2.00. The van der Waals surface area contributed by atoms with Crippen LogP contribution in [0.4, 0.5) is 10.1 Å². The Bertz CT molecular complexity index is 704. The van der Waals surface area contributed by atoms with Gasteiger partial charge in [0.15, 0.2) is 0 Å². The third kappa shape index (κ3) is 3.41. The van der Waals surface area contributed by atoms with Crippen molar-refractivity contribution in [2.75, 3.05) is 5.32 Å². The molecule has 0 atom stereocenters. The van der Waals surface area contributed by atoms with E-state index in [1.807, 2.05) is 36.5 Å². The first-order valence-electron chi connectivity index (χ1n) is 6.50. The van der Waals surface area contributed by atoms with Crippen LogP contribution >= 0.6 is 11.6 Å². The fourth-order valence-electron chi connectivity index (χ4n) is 2.07. The fourth-order valence-corrected chi connectivity index (χ4v) is 2.32. The molecule has 0 unspecified atom stereocenters. The Morgan fingerprint density at radius 2 is 1.95 bits per heavy atom. The summed E-state index contributed by atoms with van der Waals surface area (Å²) in [6, 6.07) is 14.2. The molecule has 5 heteroatoms. The Labute approximate surface area is 127 Å². The van der Waals surface area contributed by atoms with Gasteiger partial charge in [0, 0.05) is 29.6 Å². The van der Waals surface area contributed by atoms with Crippen molar-refractivity contribution < 1.29 is 4.39 Å². The molecule has 3 nitrogen and oxygen atoms in total. The molecule has 2 aromatic carbocycles. The summed E-state index contributed by atoms with van der Waals surface area (Å²) in [6.45, 7) is 0.512. The van der Waals surface area contributed by atoms with E-state index >= 15 is 0 Å². The van der Waals surface area contributed by atoms with Crippen LogP contribution in [-0.2, 0) is 6.54 Å². The van der Waals surface area contributed by atoms with Gasteiger partial charge in [0.05, 0.1) is 5.69 Å². The molecular formula is C16H13ClFN3. The molecule has 1 N–H and O–H groups in total. The third-order valence-corrected chi connectivity index (χ3v) is 3.27. The standard InChI is InChI=1S/C16H13ClFN3/c17-13-8-12(9-14(18)10-13)11-19-15-2-4-16(5-3-15)21-7-1-6-20-21/h1-10,19H,11H2. The van der Waals surface area contributed by atoms with E-state index in [1.165, 1.54) is 12.1 Å². The second kappa shape index (κ2) is 5.97. The number of benzene rings is 2. The van der Waals surface area contributed by atoms with Crippen molar-refractivity contribution in [3.63, 3.8) is 0 Å². The van der Waals surface area contributed by atoms with Gasteiger partial charge >= 0.3 is 0 Å². The SMILES string of the molecule is Fc1cc(Cl)cc(CNc2ccc(-n3cccn3)cc2)c1. The molecule has 3 aromatic rings. The molecule has 0 aliphatic carbocycles. The first kappa shape index (κ1) is 13.6. The summed E-state index contributed by atoms with van der Waals surface area (Å²) in [6.07, 6.45) is 3.62. The van der Waals surface area contributed by atoms with Gasteiger partial charge in [-0.05, 0) is 54.1 Å². The maximum Gasteiger partial charge on any atom is 0.125 e. The molecular weight excluding hydrogens is 289 g/mol. The molecule has 0 radical (unpaired) electrons. The molecule has 0 aliphatic heterocycles. The molecule has 0 aliphatic rings. The van der Waals surface area contributed by atoms with Gasteiger partial charge in [0.2, 0.25) is 0 Å². The largest absolute Gasteiger partial charge is 0.381 e. The van der Waals surface area contributed by atoms with Gasteiger partial charge in [0.1, 0.15) is 5.82 Å². The summed E-state index contributed by atoms with van der Waals surface area (Å²) in [5.41, 5.74) is 2.74. The predicted octanol–water partition coefficient (Wildman–Crippen LogP) is 4.28. The van der Waals surface area contributed by atoms with E-state index in [2.05, 4.69) is 10.4 Å². The molecule has 3 rings (SSSR count). The first-order valence-corrected chi connectivity index (χ1v) is 6.87. The number of rotatable bonds is 4. The molecule has 0 bridgehead atoms. The van der Waals surface area contributed by atoms with Crippen molar-refractivity contribution in [1.29, 1.82) is 0 Å². The summed E-state index contributed by atoms with van der Waals surface area (Å²) in [5, 5.41) is 7.81. The van der Waals surface area contributed by atoms with Crippen LogP contribution in [0.3, 0.4) is 0 Å². The van der Waals surface area contributed by atoms with Crippen molar-refractivity contribution in [3.8, 4) is 5.69 Å². The molecule has 21 heavy (non-hydrogen) atoms. The maximum absolute atomic E-state index is 13.2. The van der Waals surface area contributed by atoms with Gasteiger partial charge in [0.25, 0.3) is 0 Å². The Morgan fingerprint density at radius 1 is 1.14 bits per heavy atom. The average molecular weight is 302 g/mol. The van der Waals surface area contributed by atoms with E-state index in [-0.39, 0.29) is 5.82 Å². The first-order chi connectivity index (χ1) is 10.2. The van der Waals surface area contributed by atoms with Crippen LogP contribution in [0.1, 0.15) is 5.56 Å². The topological polar surface area (TPSA) is 29.9 Å². The molecule has 0 saturated carbocycles. The monoisotopic (exact) mass is 301 g/mol. The number of hydrogen-bond donors (Lipinski definition) is 1. The lowest BCUT2D eigenvalue weighted by atomic mass is 10.2. The number of anilines is 1. The lowest BCUT2D eigenvalue weighted by Gasteiger charge is -2.08. The van der Waals surface area contributed by atoms with Crippen LogP contribution in [0.15, 0.2) is 60.9 Å². The van der Waals surface area contributed by atoms with E-state index in [0.717, 1.165) is 16.9 Å². The second-order valence-corrected chi connectivity index (χ2v) is 5.07. The van der Waals surface area contributed by atoms with Crippen LogP contribution in [0.25, 0.3) is 5.69 Å². The number of hydrogen-bond acceptors (Lipinski definition) is 2. The average Bonchev–Trinajstić information content (AvgIpc) is 2.99. The Balaban J connectivity index is 1.68. The number of aromatic nitrogens is 2. The van der Waals surface area contributed by atoms with E-state index in [4.69, 9.17) is 11.6 Å². The highest BCUT2D eigenvalue weighted by Crippen LogP contribution is 2.17. The van der Waals surface area contributed by atoms with Crippen LogP contribution in [0.2, 0.25) is 5.02 Å². The maximum atomic E-state index is 13.2. The van der Waals surface area contributed by atoms with Crippen molar-refractivity contribution in [3.05, 3.63) is 77.3 Å². The van der Waals surface area contributed by atoms with E-state index in [0.29, 0.717) is 11.6 Å². The van der Waals surface area contributed by atoms with Crippen LogP contribution in [0.5, 0.6) is 0 Å². The number of halogens is 2. The zero-order valence-corrected chi connectivity index (χ0v) is 11.9.